The van der Waals surface area contributed by atoms with Gasteiger partial charge < -0.3 is 28.7 Å². The molecule has 0 N–H and O–H groups in total. The van der Waals surface area contributed by atoms with E-state index in [-0.39, 0.29) is 77.3 Å². The molecule has 0 bridgehead atoms. The lowest BCUT2D eigenvalue weighted by Gasteiger charge is -2.58. The first-order chi connectivity index (χ1) is 22.2. The maximum atomic E-state index is 15.2. The first-order valence-corrected chi connectivity index (χ1v) is 18.2. The number of allylic oxidation sites excluding steroid dienone is 2. The van der Waals surface area contributed by atoms with Gasteiger partial charge in [0.05, 0.1) is 17.3 Å². The molecule has 5 saturated carbocycles. The average molecular weight is 651 g/mol. The number of carbonyl (C=O) groups is 3. The van der Waals surface area contributed by atoms with Gasteiger partial charge in [0.25, 0.3) is 0 Å². The lowest BCUT2D eigenvalue weighted by molar-refractivity contribution is -0.214. The summed E-state index contributed by atoms with van der Waals surface area (Å²) in [6, 6.07) is 0. The summed E-state index contributed by atoms with van der Waals surface area (Å²) in [5, 5.41) is 0. The molecule has 3 unspecified atom stereocenters. The predicted octanol–water partition coefficient (Wildman–Crippen LogP) is 4.40. The second-order valence-electron chi connectivity index (χ2n) is 17.5. The van der Waals surface area contributed by atoms with Crippen LogP contribution in [0.1, 0.15) is 71.6 Å². The average Bonchev–Trinajstić information content (AvgIpc) is 3.64. The Hall–Kier alpha value is -2.07. The van der Waals surface area contributed by atoms with Gasteiger partial charge in [-0.05, 0) is 105 Å². The van der Waals surface area contributed by atoms with Crippen molar-refractivity contribution in [2.24, 2.45) is 52.8 Å². The number of hydrogen-bond donors (Lipinski definition) is 0. The standard InChI is InChI=1S/C38H54N2O7/c1-20-10-12-22-26(18-39(5)6)33(42)44-31(22)29-24(20)16-28(41)36(29)14-9-15-37-30-25(17-38(36,37)47-35(3,4)46-37)21(2)11-13-23-27(19-40(7)8)34(43)45-32(23)30/h22-27,29-32H,1-2,9-19H2,3-8H3/t22-,23-,24-,25-,26?,27?,29?,30-,31-,32-,36+,37-,38-/m0/s1. The predicted molar refractivity (Wildman–Crippen MR) is 174 cm³/mol. The Morgan fingerprint density at radius 3 is 1.89 bits per heavy atom. The Labute approximate surface area is 279 Å². The molecule has 5 aliphatic carbocycles. The summed E-state index contributed by atoms with van der Waals surface area (Å²) < 4.78 is 27.7. The first-order valence-electron chi connectivity index (χ1n) is 18.2. The van der Waals surface area contributed by atoms with Crippen LogP contribution in [-0.4, -0.2) is 98.0 Å². The lowest BCUT2D eigenvalue weighted by atomic mass is 9.49. The minimum absolute atomic E-state index is 0.00812. The van der Waals surface area contributed by atoms with E-state index in [9.17, 15) is 9.59 Å². The molecule has 0 aromatic rings. The molecule has 8 aliphatic rings. The number of fused-ring (bicyclic) bond motifs is 7. The van der Waals surface area contributed by atoms with E-state index in [4.69, 9.17) is 18.9 Å². The van der Waals surface area contributed by atoms with Crippen LogP contribution in [0.3, 0.4) is 0 Å². The van der Waals surface area contributed by atoms with E-state index in [1.807, 2.05) is 42.0 Å². The molecule has 13 atom stereocenters. The van der Waals surface area contributed by atoms with Crippen molar-refractivity contribution in [2.75, 3.05) is 41.3 Å². The molecule has 9 heteroatoms. The molecule has 47 heavy (non-hydrogen) atoms. The number of esters is 2. The molecule has 8 fully saturated rings. The van der Waals surface area contributed by atoms with Gasteiger partial charge in [0.15, 0.2) is 5.79 Å². The minimum Gasteiger partial charge on any atom is -0.461 e. The number of rotatable bonds is 4. The van der Waals surface area contributed by atoms with Crippen molar-refractivity contribution in [1.29, 1.82) is 0 Å². The summed E-state index contributed by atoms with van der Waals surface area (Å²) >= 11 is 0. The Balaban J connectivity index is 1.30. The van der Waals surface area contributed by atoms with E-state index in [1.165, 1.54) is 0 Å². The molecule has 3 heterocycles. The molecule has 0 aromatic carbocycles. The van der Waals surface area contributed by atoms with Crippen molar-refractivity contribution in [1.82, 2.24) is 9.80 Å². The summed E-state index contributed by atoms with van der Waals surface area (Å²) in [6.07, 6.45) is 5.78. The van der Waals surface area contributed by atoms with Gasteiger partial charge >= 0.3 is 11.9 Å². The number of ketones is 1. The topological polar surface area (TPSA) is 94.6 Å². The smallest absolute Gasteiger partial charge is 0.310 e. The van der Waals surface area contributed by atoms with Crippen molar-refractivity contribution >= 4 is 17.7 Å². The molecule has 3 saturated heterocycles. The van der Waals surface area contributed by atoms with Crippen LogP contribution >= 0.6 is 0 Å². The third-order valence-electron chi connectivity index (χ3n) is 14.2. The van der Waals surface area contributed by atoms with Gasteiger partial charge in [-0.15, -0.1) is 0 Å². The summed E-state index contributed by atoms with van der Waals surface area (Å²) in [5.74, 6) is -1.88. The molecule has 3 aliphatic heterocycles. The zero-order valence-corrected chi connectivity index (χ0v) is 29.2. The molecule has 0 aromatic heterocycles. The fourth-order valence-corrected chi connectivity index (χ4v) is 13.0. The number of ether oxygens (including phenoxy) is 4. The first kappa shape index (κ1) is 32.2. The van der Waals surface area contributed by atoms with Crippen LogP contribution in [0.5, 0.6) is 0 Å². The number of Topliss-reactive ketones (excluding diaryl/α,β-unsaturated/α-hetero) is 1. The van der Waals surface area contributed by atoms with Gasteiger partial charge in [-0.2, -0.15) is 0 Å². The van der Waals surface area contributed by atoms with Crippen LogP contribution in [0, 0.1) is 52.8 Å². The number of hydrogen-bond acceptors (Lipinski definition) is 9. The van der Waals surface area contributed by atoms with Crippen LogP contribution in [-0.2, 0) is 33.3 Å². The Kier molecular flexibility index (Phi) is 7.16. The van der Waals surface area contributed by atoms with Crippen LogP contribution < -0.4 is 0 Å². The molecule has 0 amide bonds. The molecule has 0 radical (unpaired) electrons. The third kappa shape index (κ3) is 4.12. The van der Waals surface area contributed by atoms with Crippen LogP contribution in [0.4, 0.5) is 0 Å². The van der Waals surface area contributed by atoms with Gasteiger partial charge in [-0.3, -0.25) is 14.4 Å². The van der Waals surface area contributed by atoms with Crippen molar-refractivity contribution in [2.45, 2.75) is 101 Å². The lowest BCUT2D eigenvalue weighted by Crippen LogP contribution is -2.69. The largest absolute Gasteiger partial charge is 0.461 e. The van der Waals surface area contributed by atoms with E-state index in [0.29, 0.717) is 32.4 Å². The Morgan fingerprint density at radius 2 is 1.32 bits per heavy atom. The monoisotopic (exact) mass is 650 g/mol. The van der Waals surface area contributed by atoms with E-state index >= 15 is 4.79 Å². The van der Waals surface area contributed by atoms with E-state index in [1.54, 1.807) is 0 Å². The summed E-state index contributed by atoms with van der Waals surface area (Å²) in [4.78, 5) is 46.6. The minimum atomic E-state index is -0.967. The van der Waals surface area contributed by atoms with Crippen molar-refractivity contribution < 1.29 is 33.3 Å². The van der Waals surface area contributed by atoms with E-state index in [0.717, 1.165) is 49.7 Å². The van der Waals surface area contributed by atoms with Crippen molar-refractivity contribution in [3.63, 3.8) is 0 Å². The van der Waals surface area contributed by atoms with Crippen LogP contribution in [0.15, 0.2) is 24.3 Å². The third-order valence-corrected chi connectivity index (χ3v) is 14.2. The molecule has 8 rings (SSSR count). The van der Waals surface area contributed by atoms with Gasteiger partial charge in [0.2, 0.25) is 0 Å². The van der Waals surface area contributed by atoms with E-state index in [2.05, 4.69) is 23.0 Å². The van der Waals surface area contributed by atoms with Crippen molar-refractivity contribution in [3.8, 4) is 0 Å². The number of carbonyl (C=O) groups excluding carboxylic acids is 3. The fraction of sp³-hybridized carbons (Fsp3) is 0.816. The van der Waals surface area contributed by atoms with Gasteiger partial charge in [-0.1, -0.05) is 24.3 Å². The van der Waals surface area contributed by atoms with Crippen LogP contribution in [0.25, 0.3) is 0 Å². The highest BCUT2D eigenvalue weighted by molar-refractivity contribution is 5.91. The van der Waals surface area contributed by atoms with E-state index < -0.39 is 22.4 Å². The molecule has 258 valence electrons. The highest BCUT2D eigenvalue weighted by Crippen LogP contribution is 2.77. The molecule has 1 spiro atoms. The second kappa shape index (κ2) is 10.5. The molecular formula is C38H54N2O7. The van der Waals surface area contributed by atoms with Gasteiger partial charge in [0, 0.05) is 43.2 Å². The summed E-state index contributed by atoms with van der Waals surface area (Å²) in [5.41, 5.74) is -0.468. The van der Waals surface area contributed by atoms with Crippen LogP contribution in [0.2, 0.25) is 0 Å². The highest BCUT2D eigenvalue weighted by atomic mass is 16.8. The second-order valence-corrected chi connectivity index (χ2v) is 17.5. The fourth-order valence-electron chi connectivity index (χ4n) is 13.0. The zero-order chi connectivity index (χ0) is 33.4. The number of nitrogens with zero attached hydrogens (tertiary/aromatic N) is 2. The zero-order valence-electron chi connectivity index (χ0n) is 29.2. The maximum Gasteiger partial charge on any atom is 0.310 e. The maximum absolute atomic E-state index is 15.2. The Bertz CT molecular complexity index is 1420. The van der Waals surface area contributed by atoms with Gasteiger partial charge in [0.1, 0.15) is 29.2 Å². The Morgan fingerprint density at radius 1 is 0.766 bits per heavy atom. The molecular weight excluding hydrogens is 596 g/mol. The van der Waals surface area contributed by atoms with Gasteiger partial charge in [-0.25, -0.2) is 0 Å². The highest BCUT2D eigenvalue weighted by Gasteiger charge is 2.86. The summed E-state index contributed by atoms with van der Waals surface area (Å²) in [7, 11) is 8.02. The normalized spacial score (nSPS) is 49.7. The van der Waals surface area contributed by atoms with Crippen molar-refractivity contribution in [3.05, 3.63) is 24.3 Å². The summed E-state index contributed by atoms with van der Waals surface area (Å²) in [6.45, 7) is 14.5. The quantitative estimate of drug-likeness (QED) is 0.324. The SMILES string of the molecule is C=C1CC[C@H]2C(CN(C)C)C(=O)O[C@@H]2C2[C@H]1CC(=O)[C@]21CCC[C@@]23OC(C)(C)O[C@]21C[C@H]1C(=C)CC[C@H]2C(CN(C)C)C(=O)O[C@@H]2[C@H]13. The molecule has 9 nitrogen and oxygen atoms in total.